The van der Waals surface area contributed by atoms with Crippen molar-refractivity contribution < 1.29 is 4.79 Å². The number of hydrogen-bond donors (Lipinski definition) is 0. The van der Waals surface area contributed by atoms with E-state index < -0.39 is 0 Å². The molecule has 0 fully saturated rings. The molecule has 0 bridgehead atoms. The molecule has 3 rings (SSSR count). The number of carbonyl (C=O) groups is 1. The second kappa shape index (κ2) is 3.80. The standard InChI is InChI=1S/C15H16N2O/c1-15(2)9-13-12(14(18)10-15)5-8-17(13)11-3-6-16-7-4-11/h3-8H,9-10H2,1-2H3. The fourth-order valence-corrected chi connectivity index (χ4v) is 2.69. The second-order valence-corrected chi connectivity index (χ2v) is 5.69. The smallest absolute Gasteiger partial charge is 0.165 e. The van der Waals surface area contributed by atoms with Gasteiger partial charge in [0.05, 0.1) is 0 Å². The molecule has 3 heteroatoms. The van der Waals surface area contributed by atoms with Crippen molar-refractivity contribution in [1.29, 1.82) is 0 Å². The molecule has 0 saturated heterocycles. The molecular formula is C15H16N2O. The number of aromatic nitrogens is 2. The zero-order chi connectivity index (χ0) is 12.8. The number of nitrogens with zero attached hydrogens (tertiary/aromatic N) is 2. The molecule has 2 heterocycles. The van der Waals surface area contributed by atoms with E-state index in [0.717, 1.165) is 23.4 Å². The van der Waals surface area contributed by atoms with E-state index in [1.54, 1.807) is 12.4 Å². The summed E-state index contributed by atoms with van der Waals surface area (Å²) in [7, 11) is 0. The Balaban J connectivity index is 2.13. The molecule has 0 spiro atoms. The largest absolute Gasteiger partial charge is 0.320 e. The number of pyridine rings is 1. The third kappa shape index (κ3) is 1.76. The number of ketones is 1. The fourth-order valence-electron chi connectivity index (χ4n) is 2.69. The Kier molecular flexibility index (Phi) is 2.37. The van der Waals surface area contributed by atoms with Crippen molar-refractivity contribution in [2.75, 3.05) is 0 Å². The second-order valence-electron chi connectivity index (χ2n) is 5.69. The summed E-state index contributed by atoms with van der Waals surface area (Å²) >= 11 is 0. The highest BCUT2D eigenvalue weighted by Gasteiger charge is 2.33. The van der Waals surface area contributed by atoms with Gasteiger partial charge in [0, 0.05) is 42.0 Å². The minimum Gasteiger partial charge on any atom is -0.320 e. The van der Waals surface area contributed by atoms with E-state index in [1.807, 2.05) is 24.4 Å². The lowest BCUT2D eigenvalue weighted by molar-refractivity contribution is 0.0911. The Labute approximate surface area is 106 Å². The summed E-state index contributed by atoms with van der Waals surface area (Å²) in [5.74, 6) is 0.258. The first-order valence-corrected chi connectivity index (χ1v) is 6.21. The van der Waals surface area contributed by atoms with Crippen LogP contribution in [-0.2, 0) is 6.42 Å². The lowest BCUT2D eigenvalue weighted by atomic mass is 9.76. The zero-order valence-electron chi connectivity index (χ0n) is 10.7. The molecule has 0 aliphatic heterocycles. The maximum Gasteiger partial charge on any atom is 0.165 e. The van der Waals surface area contributed by atoms with Gasteiger partial charge in [-0.15, -0.1) is 0 Å². The molecule has 18 heavy (non-hydrogen) atoms. The topological polar surface area (TPSA) is 34.9 Å². The van der Waals surface area contributed by atoms with Gasteiger partial charge in [0.2, 0.25) is 0 Å². The average molecular weight is 240 g/mol. The van der Waals surface area contributed by atoms with Crippen LogP contribution in [-0.4, -0.2) is 15.3 Å². The Morgan fingerprint density at radius 1 is 1.17 bits per heavy atom. The van der Waals surface area contributed by atoms with E-state index >= 15 is 0 Å². The maximum atomic E-state index is 12.1. The van der Waals surface area contributed by atoms with Crippen LogP contribution in [0, 0.1) is 5.41 Å². The van der Waals surface area contributed by atoms with Crippen LogP contribution in [0.4, 0.5) is 0 Å². The van der Waals surface area contributed by atoms with Gasteiger partial charge in [-0.05, 0) is 30.0 Å². The van der Waals surface area contributed by atoms with Gasteiger partial charge in [0.25, 0.3) is 0 Å². The van der Waals surface area contributed by atoms with Gasteiger partial charge < -0.3 is 4.57 Å². The van der Waals surface area contributed by atoms with Gasteiger partial charge in [-0.1, -0.05) is 13.8 Å². The van der Waals surface area contributed by atoms with Gasteiger partial charge in [-0.3, -0.25) is 9.78 Å². The maximum absolute atomic E-state index is 12.1. The van der Waals surface area contributed by atoms with Crippen molar-refractivity contribution in [3.05, 3.63) is 48.0 Å². The monoisotopic (exact) mass is 240 g/mol. The molecule has 0 amide bonds. The summed E-state index contributed by atoms with van der Waals surface area (Å²) in [6.07, 6.45) is 7.11. The van der Waals surface area contributed by atoms with E-state index in [2.05, 4.69) is 23.4 Å². The molecule has 0 N–H and O–H groups in total. The van der Waals surface area contributed by atoms with Gasteiger partial charge in [0.1, 0.15) is 0 Å². The van der Waals surface area contributed by atoms with Crippen molar-refractivity contribution in [3.63, 3.8) is 0 Å². The molecular weight excluding hydrogens is 224 g/mol. The molecule has 1 aliphatic rings. The Hall–Kier alpha value is -1.90. The number of carbonyl (C=O) groups excluding carboxylic acids is 1. The molecule has 3 nitrogen and oxygen atoms in total. The van der Waals surface area contributed by atoms with Crippen LogP contribution in [0.5, 0.6) is 0 Å². The summed E-state index contributed by atoms with van der Waals surface area (Å²) in [5, 5.41) is 0. The minimum absolute atomic E-state index is 0.0488. The highest BCUT2D eigenvalue weighted by atomic mass is 16.1. The van der Waals surface area contributed by atoms with Crippen molar-refractivity contribution in [3.8, 4) is 5.69 Å². The fraction of sp³-hybridized carbons (Fsp3) is 0.333. The summed E-state index contributed by atoms with van der Waals surface area (Å²) in [4.78, 5) is 16.2. The van der Waals surface area contributed by atoms with Crippen molar-refractivity contribution in [1.82, 2.24) is 9.55 Å². The van der Waals surface area contributed by atoms with Crippen molar-refractivity contribution >= 4 is 5.78 Å². The first kappa shape index (κ1) is 11.2. The van der Waals surface area contributed by atoms with E-state index in [9.17, 15) is 4.79 Å². The van der Waals surface area contributed by atoms with Gasteiger partial charge in [0.15, 0.2) is 5.78 Å². The molecule has 0 radical (unpaired) electrons. The minimum atomic E-state index is 0.0488. The third-order valence-electron chi connectivity index (χ3n) is 3.52. The zero-order valence-corrected chi connectivity index (χ0v) is 10.7. The summed E-state index contributed by atoms with van der Waals surface area (Å²) in [6.45, 7) is 4.30. The molecule has 0 atom stereocenters. The van der Waals surface area contributed by atoms with Crippen LogP contribution in [0.2, 0.25) is 0 Å². The molecule has 2 aromatic rings. The van der Waals surface area contributed by atoms with E-state index in [0.29, 0.717) is 6.42 Å². The summed E-state index contributed by atoms with van der Waals surface area (Å²) in [5.41, 5.74) is 3.12. The van der Waals surface area contributed by atoms with Crippen LogP contribution in [0.1, 0.15) is 36.3 Å². The van der Waals surface area contributed by atoms with Crippen LogP contribution in [0.3, 0.4) is 0 Å². The number of rotatable bonds is 1. The predicted octanol–water partition coefficient (Wildman–Crippen LogP) is 3.03. The number of Topliss-reactive ketones (excluding diaryl/α,β-unsaturated/α-hetero) is 1. The third-order valence-corrected chi connectivity index (χ3v) is 3.52. The lowest BCUT2D eigenvalue weighted by Gasteiger charge is -2.29. The normalized spacial score (nSPS) is 17.6. The van der Waals surface area contributed by atoms with E-state index in [4.69, 9.17) is 0 Å². The predicted molar refractivity (Wildman–Crippen MR) is 70.0 cm³/mol. The SMILES string of the molecule is CC1(C)CC(=O)c2ccn(-c3ccncc3)c2C1. The van der Waals surface area contributed by atoms with Gasteiger partial charge >= 0.3 is 0 Å². The number of hydrogen-bond acceptors (Lipinski definition) is 2. The Morgan fingerprint density at radius 2 is 1.89 bits per heavy atom. The Morgan fingerprint density at radius 3 is 2.61 bits per heavy atom. The lowest BCUT2D eigenvalue weighted by Crippen LogP contribution is -2.27. The van der Waals surface area contributed by atoms with Gasteiger partial charge in [-0.25, -0.2) is 0 Å². The van der Waals surface area contributed by atoms with Crippen molar-refractivity contribution in [2.45, 2.75) is 26.7 Å². The van der Waals surface area contributed by atoms with Gasteiger partial charge in [-0.2, -0.15) is 0 Å². The van der Waals surface area contributed by atoms with Crippen LogP contribution < -0.4 is 0 Å². The average Bonchev–Trinajstić information content (AvgIpc) is 2.72. The molecule has 0 unspecified atom stereocenters. The first-order chi connectivity index (χ1) is 8.57. The molecule has 92 valence electrons. The molecule has 1 aliphatic carbocycles. The first-order valence-electron chi connectivity index (χ1n) is 6.21. The van der Waals surface area contributed by atoms with E-state index in [1.165, 1.54) is 0 Å². The number of fused-ring (bicyclic) bond motifs is 1. The quantitative estimate of drug-likeness (QED) is 0.768. The summed E-state index contributed by atoms with van der Waals surface area (Å²) in [6, 6.07) is 5.87. The highest BCUT2D eigenvalue weighted by Crippen LogP contribution is 2.36. The van der Waals surface area contributed by atoms with E-state index in [-0.39, 0.29) is 11.2 Å². The molecule has 0 aromatic carbocycles. The molecule has 2 aromatic heterocycles. The molecule has 0 saturated carbocycles. The van der Waals surface area contributed by atoms with Crippen LogP contribution >= 0.6 is 0 Å². The van der Waals surface area contributed by atoms with Crippen LogP contribution in [0.25, 0.3) is 5.69 Å². The van der Waals surface area contributed by atoms with Crippen LogP contribution in [0.15, 0.2) is 36.8 Å². The van der Waals surface area contributed by atoms with Crippen molar-refractivity contribution in [2.24, 2.45) is 5.41 Å². The summed E-state index contributed by atoms with van der Waals surface area (Å²) < 4.78 is 2.11. The Bertz CT molecular complexity index is 596. The highest BCUT2D eigenvalue weighted by molar-refractivity contribution is 5.99.